The van der Waals surface area contributed by atoms with Crippen LogP contribution in [0.2, 0.25) is 0 Å². The summed E-state index contributed by atoms with van der Waals surface area (Å²) in [4.78, 5) is 0. The van der Waals surface area contributed by atoms with E-state index >= 15 is 0 Å². The molecule has 3 heteroatoms. The van der Waals surface area contributed by atoms with E-state index in [0.717, 1.165) is 13.2 Å². The molecule has 0 radical (unpaired) electrons. The third kappa shape index (κ3) is 6.28. The lowest BCUT2D eigenvalue weighted by molar-refractivity contribution is 0.154. The summed E-state index contributed by atoms with van der Waals surface area (Å²) in [7, 11) is 1.70. The first-order valence-corrected chi connectivity index (χ1v) is 4.03. The number of nitrogens with one attached hydrogen (secondary N) is 1. The van der Waals surface area contributed by atoms with Crippen LogP contribution in [0.4, 0.5) is 0 Å². The van der Waals surface area contributed by atoms with Crippen LogP contribution in [0.15, 0.2) is 0 Å². The van der Waals surface area contributed by atoms with Crippen LogP contribution in [0.5, 0.6) is 0 Å². The highest BCUT2D eigenvalue weighted by Gasteiger charge is 2.03. The van der Waals surface area contributed by atoms with Crippen molar-refractivity contribution in [2.75, 3.05) is 26.9 Å². The first-order valence-electron chi connectivity index (χ1n) is 4.03. The van der Waals surface area contributed by atoms with Crippen molar-refractivity contribution in [3.8, 4) is 0 Å². The number of rotatable bonds is 6. The van der Waals surface area contributed by atoms with Crippen molar-refractivity contribution < 1.29 is 9.84 Å². The lowest BCUT2D eigenvalue weighted by atomic mass is 10.2. The molecule has 0 saturated heterocycles. The average Bonchev–Trinajstić information content (AvgIpc) is 2.01. The fraction of sp³-hybridized carbons (Fsp3) is 1.00. The number of aliphatic hydroxyl groups is 1. The minimum absolute atomic E-state index is 0.189. The van der Waals surface area contributed by atoms with Gasteiger partial charge in [-0.1, -0.05) is 6.92 Å². The van der Waals surface area contributed by atoms with E-state index in [4.69, 9.17) is 9.84 Å². The van der Waals surface area contributed by atoms with Crippen molar-refractivity contribution in [3.63, 3.8) is 0 Å². The van der Waals surface area contributed by atoms with Crippen molar-refractivity contribution in [2.24, 2.45) is 5.92 Å². The SMILES string of the molecule is COCC(C)CN[C@H](C)CO. The van der Waals surface area contributed by atoms with Crippen LogP contribution in [0.25, 0.3) is 0 Å². The first-order chi connectivity index (χ1) is 5.20. The van der Waals surface area contributed by atoms with E-state index in [1.54, 1.807) is 7.11 Å². The smallest absolute Gasteiger partial charge is 0.0581 e. The molecule has 68 valence electrons. The fourth-order valence-corrected chi connectivity index (χ4v) is 0.810. The van der Waals surface area contributed by atoms with Crippen LogP contribution in [0, 0.1) is 5.92 Å². The second-order valence-electron chi connectivity index (χ2n) is 3.05. The van der Waals surface area contributed by atoms with Gasteiger partial charge in [0, 0.05) is 26.3 Å². The van der Waals surface area contributed by atoms with Crippen LogP contribution in [0.3, 0.4) is 0 Å². The first kappa shape index (κ1) is 10.9. The molecule has 0 aliphatic heterocycles. The van der Waals surface area contributed by atoms with Crippen LogP contribution >= 0.6 is 0 Å². The Kier molecular flexibility index (Phi) is 6.51. The minimum atomic E-state index is 0.189. The van der Waals surface area contributed by atoms with Crippen LogP contribution in [-0.2, 0) is 4.74 Å². The van der Waals surface area contributed by atoms with E-state index in [0.29, 0.717) is 5.92 Å². The Labute approximate surface area is 68.8 Å². The Balaban J connectivity index is 3.22. The number of methoxy groups -OCH3 is 1. The molecule has 11 heavy (non-hydrogen) atoms. The molecular weight excluding hydrogens is 142 g/mol. The van der Waals surface area contributed by atoms with Gasteiger partial charge in [0.05, 0.1) is 6.61 Å². The van der Waals surface area contributed by atoms with Crippen LogP contribution in [0.1, 0.15) is 13.8 Å². The number of hydrogen-bond donors (Lipinski definition) is 2. The highest BCUT2D eigenvalue weighted by atomic mass is 16.5. The summed E-state index contributed by atoms with van der Waals surface area (Å²) in [6.07, 6.45) is 0. The summed E-state index contributed by atoms with van der Waals surface area (Å²) in [6.45, 7) is 5.93. The Hall–Kier alpha value is -0.120. The van der Waals surface area contributed by atoms with Gasteiger partial charge in [-0.05, 0) is 12.8 Å². The lowest BCUT2D eigenvalue weighted by Gasteiger charge is -2.14. The van der Waals surface area contributed by atoms with E-state index in [9.17, 15) is 0 Å². The molecule has 0 aliphatic carbocycles. The Morgan fingerprint density at radius 1 is 1.45 bits per heavy atom. The van der Waals surface area contributed by atoms with E-state index in [1.165, 1.54) is 0 Å². The summed E-state index contributed by atoms with van der Waals surface area (Å²) in [5.74, 6) is 0.508. The largest absolute Gasteiger partial charge is 0.395 e. The summed E-state index contributed by atoms with van der Waals surface area (Å²) >= 11 is 0. The average molecular weight is 161 g/mol. The van der Waals surface area contributed by atoms with E-state index < -0.39 is 0 Å². The molecule has 1 unspecified atom stereocenters. The predicted molar refractivity (Wildman–Crippen MR) is 45.6 cm³/mol. The highest BCUT2D eigenvalue weighted by molar-refractivity contribution is 4.61. The molecule has 0 heterocycles. The molecule has 0 amide bonds. The maximum Gasteiger partial charge on any atom is 0.0581 e. The van der Waals surface area contributed by atoms with Crippen molar-refractivity contribution >= 4 is 0 Å². The zero-order valence-electron chi connectivity index (χ0n) is 7.63. The van der Waals surface area contributed by atoms with Gasteiger partial charge in [-0.2, -0.15) is 0 Å². The molecule has 0 aromatic rings. The molecule has 0 bridgehead atoms. The summed E-state index contributed by atoms with van der Waals surface area (Å²) in [5, 5.41) is 11.9. The topological polar surface area (TPSA) is 41.5 Å². The Bertz CT molecular complexity index is 88.2. The van der Waals surface area contributed by atoms with Gasteiger partial charge in [-0.3, -0.25) is 0 Å². The lowest BCUT2D eigenvalue weighted by Crippen LogP contribution is -2.34. The summed E-state index contributed by atoms with van der Waals surface area (Å²) < 4.78 is 4.97. The van der Waals surface area contributed by atoms with Crippen LogP contribution < -0.4 is 5.32 Å². The molecule has 3 nitrogen and oxygen atoms in total. The number of hydrogen-bond acceptors (Lipinski definition) is 3. The molecule has 2 atom stereocenters. The third-order valence-electron chi connectivity index (χ3n) is 1.54. The number of aliphatic hydroxyl groups excluding tert-OH is 1. The Morgan fingerprint density at radius 2 is 2.09 bits per heavy atom. The Morgan fingerprint density at radius 3 is 2.55 bits per heavy atom. The van der Waals surface area contributed by atoms with Gasteiger partial charge in [0.25, 0.3) is 0 Å². The second-order valence-corrected chi connectivity index (χ2v) is 3.05. The molecular formula is C8H19NO2. The third-order valence-corrected chi connectivity index (χ3v) is 1.54. The maximum atomic E-state index is 8.68. The van der Waals surface area contributed by atoms with Gasteiger partial charge in [0.2, 0.25) is 0 Å². The van der Waals surface area contributed by atoms with Gasteiger partial charge < -0.3 is 15.2 Å². The monoisotopic (exact) mass is 161 g/mol. The van der Waals surface area contributed by atoms with Crippen molar-refractivity contribution in [2.45, 2.75) is 19.9 Å². The zero-order chi connectivity index (χ0) is 8.69. The second kappa shape index (κ2) is 6.58. The van der Waals surface area contributed by atoms with Gasteiger partial charge >= 0.3 is 0 Å². The van der Waals surface area contributed by atoms with Gasteiger partial charge in [0.15, 0.2) is 0 Å². The fourth-order valence-electron chi connectivity index (χ4n) is 0.810. The molecule has 0 saturated carbocycles. The summed E-state index contributed by atoms with van der Waals surface area (Å²) in [5.41, 5.74) is 0. The highest BCUT2D eigenvalue weighted by Crippen LogP contribution is 1.92. The molecule has 0 aliphatic rings. The molecule has 0 aromatic carbocycles. The molecule has 0 fully saturated rings. The van der Waals surface area contributed by atoms with E-state index in [-0.39, 0.29) is 12.6 Å². The summed E-state index contributed by atoms with van der Waals surface area (Å²) in [6, 6.07) is 0.189. The number of ether oxygens (including phenoxy) is 1. The maximum absolute atomic E-state index is 8.68. The van der Waals surface area contributed by atoms with E-state index in [2.05, 4.69) is 12.2 Å². The minimum Gasteiger partial charge on any atom is -0.395 e. The van der Waals surface area contributed by atoms with Crippen LogP contribution in [-0.4, -0.2) is 38.0 Å². The van der Waals surface area contributed by atoms with Gasteiger partial charge in [0.1, 0.15) is 0 Å². The zero-order valence-corrected chi connectivity index (χ0v) is 7.63. The molecule has 0 spiro atoms. The van der Waals surface area contributed by atoms with Crippen molar-refractivity contribution in [1.82, 2.24) is 5.32 Å². The quantitative estimate of drug-likeness (QED) is 0.586. The normalized spacial score (nSPS) is 16.4. The standard InChI is InChI=1S/C8H19NO2/c1-7(6-11-3)4-9-8(2)5-10/h7-10H,4-6H2,1-3H3/t7?,8-/m1/s1. The van der Waals surface area contributed by atoms with Crippen molar-refractivity contribution in [3.05, 3.63) is 0 Å². The van der Waals surface area contributed by atoms with E-state index in [1.807, 2.05) is 6.92 Å². The molecule has 0 aromatic heterocycles. The molecule has 2 N–H and O–H groups in total. The van der Waals surface area contributed by atoms with Gasteiger partial charge in [-0.25, -0.2) is 0 Å². The molecule has 0 rings (SSSR count). The predicted octanol–water partition coefficient (Wildman–Crippen LogP) is 0.239. The van der Waals surface area contributed by atoms with Gasteiger partial charge in [-0.15, -0.1) is 0 Å². The van der Waals surface area contributed by atoms with Crippen molar-refractivity contribution in [1.29, 1.82) is 0 Å².